The van der Waals surface area contributed by atoms with Gasteiger partial charge < -0.3 is 5.73 Å². The SMILES string of the molecule is Cc1ccc(S(=O)(=O)NC2(CN)CCCC2)cc1C(F)(F)F. The number of hydrogen-bond acceptors (Lipinski definition) is 3. The van der Waals surface area contributed by atoms with Crippen molar-refractivity contribution in [3.63, 3.8) is 0 Å². The molecule has 1 saturated carbocycles. The van der Waals surface area contributed by atoms with Crippen molar-refractivity contribution >= 4 is 10.0 Å². The molecular formula is C14H19F3N2O2S. The van der Waals surface area contributed by atoms with Gasteiger partial charge in [-0.25, -0.2) is 13.1 Å². The van der Waals surface area contributed by atoms with E-state index in [-0.39, 0.29) is 17.0 Å². The van der Waals surface area contributed by atoms with Crippen LogP contribution < -0.4 is 10.5 Å². The monoisotopic (exact) mass is 336 g/mol. The van der Waals surface area contributed by atoms with Gasteiger partial charge in [0, 0.05) is 12.1 Å². The molecule has 0 radical (unpaired) electrons. The molecule has 4 nitrogen and oxygen atoms in total. The summed E-state index contributed by atoms with van der Waals surface area (Å²) in [5.41, 5.74) is 3.97. The molecule has 2 rings (SSSR count). The van der Waals surface area contributed by atoms with Gasteiger partial charge in [0.15, 0.2) is 0 Å². The first-order valence-corrected chi connectivity index (χ1v) is 8.50. The summed E-state index contributed by atoms with van der Waals surface area (Å²) in [4.78, 5) is -0.384. The average Bonchev–Trinajstić information content (AvgIpc) is 2.86. The standard InChI is InChI=1S/C14H19F3N2O2S/c1-10-4-5-11(8-12(10)14(15,16)17)22(20,21)19-13(9-18)6-2-3-7-13/h4-5,8,19H,2-3,6-7,9,18H2,1H3. The third-order valence-electron chi connectivity index (χ3n) is 4.13. The lowest BCUT2D eigenvalue weighted by atomic mass is 10.0. The van der Waals surface area contributed by atoms with Gasteiger partial charge in [-0.05, 0) is 37.5 Å². The van der Waals surface area contributed by atoms with E-state index in [1.165, 1.54) is 19.1 Å². The molecule has 0 atom stereocenters. The van der Waals surface area contributed by atoms with E-state index < -0.39 is 27.3 Å². The molecule has 0 bridgehead atoms. The van der Waals surface area contributed by atoms with Crippen molar-refractivity contribution in [2.75, 3.05) is 6.54 Å². The highest BCUT2D eigenvalue weighted by Gasteiger charge is 2.38. The van der Waals surface area contributed by atoms with Gasteiger partial charge in [0.1, 0.15) is 0 Å². The van der Waals surface area contributed by atoms with E-state index in [1.807, 2.05) is 0 Å². The Kier molecular flexibility index (Phi) is 4.56. The van der Waals surface area contributed by atoms with Crippen LogP contribution in [0.3, 0.4) is 0 Å². The van der Waals surface area contributed by atoms with Crippen LogP contribution in [0.15, 0.2) is 23.1 Å². The lowest BCUT2D eigenvalue weighted by Gasteiger charge is -2.28. The van der Waals surface area contributed by atoms with Gasteiger partial charge in [0.05, 0.1) is 10.5 Å². The van der Waals surface area contributed by atoms with Crippen molar-refractivity contribution in [1.29, 1.82) is 0 Å². The summed E-state index contributed by atoms with van der Waals surface area (Å²) < 4.78 is 66.1. The summed E-state index contributed by atoms with van der Waals surface area (Å²) in [6, 6.07) is 3.03. The van der Waals surface area contributed by atoms with Crippen molar-refractivity contribution < 1.29 is 21.6 Å². The van der Waals surface area contributed by atoms with E-state index in [9.17, 15) is 21.6 Å². The van der Waals surface area contributed by atoms with E-state index in [2.05, 4.69) is 4.72 Å². The summed E-state index contributed by atoms with van der Waals surface area (Å²) >= 11 is 0. The number of nitrogens with two attached hydrogens (primary N) is 1. The molecular weight excluding hydrogens is 317 g/mol. The van der Waals surface area contributed by atoms with Crippen LogP contribution in [0.4, 0.5) is 13.2 Å². The Bertz CT molecular complexity index is 651. The molecule has 0 spiro atoms. The number of sulfonamides is 1. The van der Waals surface area contributed by atoms with Crippen molar-refractivity contribution in [1.82, 2.24) is 4.72 Å². The van der Waals surface area contributed by atoms with Gasteiger partial charge >= 0.3 is 6.18 Å². The zero-order valence-corrected chi connectivity index (χ0v) is 13.0. The molecule has 124 valence electrons. The summed E-state index contributed by atoms with van der Waals surface area (Å²) in [5.74, 6) is 0. The smallest absolute Gasteiger partial charge is 0.329 e. The van der Waals surface area contributed by atoms with Crippen LogP contribution in [0.2, 0.25) is 0 Å². The Morgan fingerprint density at radius 1 is 1.27 bits per heavy atom. The Hall–Kier alpha value is -1.12. The molecule has 0 aliphatic heterocycles. The van der Waals surface area contributed by atoms with Gasteiger partial charge in [-0.3, -0.25) is 0 Å². The highest BCUT2D eigenvalue weighted by atomic mass is 32.2. The van der Waals surface area contributed by atoms with Crippen LogP contribution in [0.5, 0.6) is 0 Å². The number of nitrogens with one attached hydrogen (secondary N) is 1. The van der Waals surface area contributed by atoms with Crippen molar-refractivity contribution in [3.05, 3.63) is 29.3 Å². The Morgan fingerprint density at radius 2 is 1.86 bits per heavy atom. The number of aryl methyl sites for hydroxylation is 1. The fourth-order valence-electron chi connectivity index (χ4n) is 2.82. The molecule has 0 heterocycles. The first-order chi connectivity index (χ1) is 10.1. The lowest BCUT2D eigenvalue weighted by Crippen LogP contribution is -2.51. The minimum Gasteiger partial charge on any atom is -0.329 e. The average molecular weight is 336 g/mol. The quantitative estimate of drug-likeness (QED) is 0.888. The zero-order valence-electron chi connectivity index (χ0n) is 12.2. The summed E-state index contributed by atoms with van der Waals surface area (Å²) in [7, 11) is -4.04. The number of alkyl halides is 3. The van der Waals surface area contributed by atoms with E-state index in [0.29, 0.717) is 18.9 Å². The number of rotatable bonds is 4. The molecule has 0 aromatic heterocycles. The van der Waals surface area contributed by atoms with E-state index in [4.69, 9.17) is 5.73 Å². The maximum Gasteiger partial charge on any atom is 0.416 e. The molecule has 1 fully saturated rings. The van der Waals surface area contributed by atoms with Gasteiger partial charge in [-0.2, -0.15) is 13.2 Å². The molecule has 3 N–H and O–H groups in total. The molecule has 1 aliphatic rings. The Balaban J connectivity index is 2.38. The molecule has 0 amide bonds. The van der Waals surface area contributed by atoms with Gasteiger partial charge in [0.25, 0.3) is 0 Å². The molecule has 0 saturated heterocycles. The molecule has 1 aromatic carbocycles. The van der Waals surface area contributed by atoms with Gasteiger partial charge in [-0.15, -0.1) is 0 Å². The number of benzene rings is 1. The Labute approximate surface area is 127 Å². The number of halogens is 3. The van der Waals surface area contributed by atoms with Crippen LogP contribution >= 0.6 is 0 Å². The molecule has 0 unspecified atom stereocenters. The third kappa shape index (κ3) is 3.44. The van der Waals surface area contributed by atoms with Crippen molar-refractivity contribution in [2.45, 2.75) is 49.2 Å². The van der Waals surface area contributed by atoms with Crippen molar-refractivity contribution in [2.24, 2.45) is 5.73 Å². The second kappa shape index (κ2) is 5.82. The predicted molar refractivity (Wildman–Crippen MR) is 76.8 cm³/mol. The largest absolute Gasteiger partial charge is 0.416 e. The summed E-state index contributed by atoms with van der Waals surface area (Å²) in [6.07, 6.45) is -1.70. The normalized spacial score (nSPS) is 18.6. The van der Waals surface area contributed by atoms with Crippen LogP contribution in [0.1, 0.15) is 36.8 Å². The second-order valence-corrected chi connectivity index (χ2v) is 7.45. The molecule has 8 heteroatoms. The van der Waals surface area contributed by atoms with Crippen LogP contribution in [0, 0.1) is 6.92 Å². The van der Waals surface area contributed by atoms with Crippen molar-refractivity contribution in [3.8, 4) is 0 Å². The van der Waals surface area contributed by atoms with Gasteiger partial charge in [-0.1, -0.05) is 18.9 Å². The minimum absolute atomic E-state index is 0.0131. The highest BCUT2D eigenvalue weighted by Crippen LogP contribution is 2.34. The predicted octanol–water partition coefficient (Wildman–Crippen LogP) is 2.56. The topological polar surface area (TPSA) is 72.2 Å². The summed E-state index contributed by atoms with van der Waals surface area (Å²) in [5, 5.41) is 0. The van der Waals surface area contributed by atoms with E-state index in [0.717, 1.165) is 12.8 Å². The number of hydrogen-bond donors (Lipinski definition) is 2. The molecule has 22 heavy (non-hydrogen) atoms. The summed E-state index contributed by atoms with van der Waals surface area (Å²) in [6.45, 7) is 1.43. The van der Waals surface area contributed by atoms with Crippen LogP contribution in [0.25, 0.3) is 0 Å². The first-order valence-electron chi connectivity index (χ1n) is 7.02. The lowest BCUT2D eigenvalue weighted by molar-refractivity contribution is -0.138. The minimum atomic E-state index is -4.59. The highest BCUT2D eigenvalue weighted by molar-refractivity contribution is 7.89. The fourth-order valence-corrected chi connectivity index (χ4v) is 4.31. The maximum absolute atomic E-state index is 12.9. The van der Waals surface area contributed by atoms with E-state index >= 15 is 0 Å². The zero-order chi connectivity index (χ0) is 16.6. The van der Waals surface area contributed by atoms with E-state index in [1.54, 1.807) is 0 Å². The van der Waals surface area contributed by atoms with Gasteiger partial charge in [0.2, 0.25) is 10.0 Å². The third-order valence-corrected chi connectivity index (χ3v) is 5.70. The molecule has 1 aliphatic carbocycles. The van der Waals surface area contributed by atoms with Crippen LogP contribution in [-0.2, 0) is 16.2 Å². The maximum atomic E-state index is 12.9. The first kappa shape index (κ1) is 17.2. The Morgan fingerprint density at radius 3 is 2.36 bits per heavy atom. The second-order valence-electron chi connectivity index (χ2n) is 5.77. The molecule has 1 aromatic rings. The van der Waals surface area contributed by atoms with Crippen LogP contribution in [-0.4, -0.2) is 20.5 Å². The fraction of sp³-hybridized carbons (Fsp3) is 0.571.